The maximum atomic E-state index is 11.2. The smallest absolute Gasteiger partial charge is 0.335 e. The largest absolute Gasteiger partial charge is 0.496 e. The molecule has 2 bridgehead atoms. The van der Waals surface area contributed by atoms with E-state index in [0.29, 0.717) is 5.56 Å². The molecule has 29 heavy (non-hydrogen) atoms. The lowest BCUT2D eigenvalue weighted by Gasteiger charge is -2.15. The van der Waals surface area contributed by atoms with Gasteiger partial charge in [0.2, 0.25) is 0 Å². The molecule has 1 unspecified atom stereocenters. The summed E-state index contributed by atoms with van der Waals surface area (Å²) in [6, 6.07) is 18.0. The highest BCUT2D eigenvalue weighted by Gasteiger charge is 2.29. The van der Waals surface area contributed by atoms with Gasteiger partial charge >= 0.3 is 5.97 Å². The van der Waals surface area contributed by atoms with Crippen molar-refractivity contribution < 1.29 is 14.6 Å². The Morgan fingerprint density at radius 2 is 1.72 bits per heavy atom. The fraction of sp³-hybridized carbons (Fsp3) is 0.269. The number of fused-ring (bicyclic) bond motifs is 3. The Labute approximate surface area is 170 Å². The van der Waals surface area contributed by atoms with Crippen LogP contribution in [-0.2, 0) is 0 Å². The van der Waals surface area contributed by atoms with Crippen LogP contribution in [0.3, 0.4) is 0 Å². The average Bonchev–Trinajstić information content (AvgIpc) is 3.05. The van der Waals surface area contributed by atoms with Crippen molar-refractivity contribution >= 4 is 22.3 Å². The van der Waals surface area contributed by atoms with Gasteiger partial charge in [0, 0.05) is 5.56 Å². The number of carbonyl (C=O) groups is 1. The van der Waals surface area contributed by atoms with Crippen LogP contribution in [0.5, 0.6) is 5.75 Å². The van der Waals surface area contributed by atoms with E-state index in [4.69, 9.17) is 4.74 Å². The SMILES string of the molecule is COc1ccc(-c2ccc3cc(C(=O)O)ccc3c2)cc1C1=C2CCCC(C2)C1. The fourth-order valence-corrected chi connectivity index (χ4v) is 5.02. The second kappa shape index (κ2) is 7.07. The third-order valence-corrected chi connectivity index (χ3v) is 6.49. The van der Waals surface area contributed by atoms with Gasteiger partial charge in [0.05, 0.1) is 12.7 Å². The molecule has 0 aliphatic heterocycles. The van der Waals surface area contributed by atoms with Gasteiger partial charge in [-0.1, -0.05) is 29.8 Å². The first-order chi connectivity index (χ1) is 14.1. The molecular weight excluding hydrogens is 360 g/mol. The standard InChI is InChI=1S/C26H24O3/c1-29-25-10-9-20(15-24(25)23-12-16-3-2-4-21(23)11-16)18-5-6-19-14-22(26(27)28)8-7-17(19)13-18/h5-10,13-16H,2-4,11-12H2,1H3,(H,27,28). The van der Waals surface area contributed by atoms with Crippen LogP contribution < -0.4 is 4.74 Å². The first-order valence-corrected chi connectivity index (χ1v) is 10.3. The van der Waals surface area contributed by atoms with Gasteiger partial charge in [-0.05, 0) is 95.8 Å². The van der Waals surface area contributed by atoms with Crippen LogP contribution in [0.15, 0.2) is 60.2 Å². The minimum absolute atomic E-state index is 0.317. The molecule has 0 aromatic heterocycles. The molecule has 1 fully saturated rings. The summed E-state index contributed by atoms with van der Waals surface area (Å²) < 4.78 is 5.71. The maximum Gasteiger partial charge on any atom is 0.335 e. The third kappa shape index (κ3) is 3.21. The average molecular weight is 384 g/mol. The van der Waals surface area contributed by atoms with Crippen molar-refractivity contribution in [3.8, 4) is 16.9 Å². The lowest BCUT2D eigenvalue weighted by molar-refractivity contribution is 0.0697. The summed E-state index contributed by atoms with van der Waals surface area (Å²) in [6.07, 6.45) is 6.31. The first kappa shape index (κ1) is 18.0. The van der Waals surface area contributed by atoms with Crippen LogP contribution in [0.1, 0.15) is 48.0 Å². The van der Waals surface area contributed by atoms with E-state index >= 15 is 0 Å². The Balaban J connectivity index is 1.58. The van der Waals surface area contributed by atoms with E-state index in [2.05, 4.69) is 30.3 Å². The zero-order valence-electron chi connectivity index (χ0n) is 16.6. The van der Waals surface area contributed by atoms with Crippen molar-refractivity contribution in [2.24, 2.45) is 5.92 Å². The molecule has 3 heteroatoms. The minimum Gasteiger partial charge on any atom is -0.496 e. The quantitative estimate of drug-likeness (QED) is 0.554. The van der Waals surface area contributed by atoms with Gasteiger partial charge in [0.1, 0.15) is 5.75 Å². The van der Waals surface area contributed by atoms with E-state index in [9.17, 15) is 9.90 Å². The number of ether oxygens (including phenoxy) is 1. The van der Waals surface area contributed by atoms with Crippen LogP contribution in [0.2, 0.25) is 0 Å². The summed E-state index contributed by atoms with van der Waals surface area (Å²) in [5.41, 5.74) is 6.98. The predicted octanol–water partition coefficient (Wildman–Crippen LogP) is 6.56. The van der Waals surface area contributed by atoms with Gasteiger partial charge in [0.25, 0.3) is 0 Å². The number of methoxy groups -OCH3 is 1. The summed E-state index contributed by atoms with van der Waals surface area (Å²) >= 11 is 0. The second-order valence-corrected chi connectivity index (χ2v) is 8.25. The monoisotopic (exact) mass is 384 g/mol. The summed E-state index contributed by atoms with van der Waals surface area (Å²) in [6.45, 7) is 0. The summed E-state index contributed by atoms with van der Waals surface area (Å²) in [5, 5.41) is 11.2. The third-order valence-electron chi connectivity index (χ3n) is 6.49. The molecule has 2 aliphatic carbocycles. The van der Waals surface area contributed by atoms with Gasteiger partial charge in [-0.3, -0.25) is 0 Å². The van der Waals surface area contributed by atoms with Crippen LogP contribution in [-0.4, -0.2) is 18.2 Å². The Morgan fingerprint density at radius 1 is 0.966 bits per heavy atom. The Hall–Kier alpha value is -3.07. The van der Waals surface area contributed by atoms with Crippen molar-refractivity contribution in [3.63, 3.8) is 0 Å². The molecule has 1 atom stereocenters. The maximum absolute atomic E-state index is 11.2. The zero-order chi connectivity index (χ0) is 20.0. The number of hydrogen-bond donors (Lipinski definition) is 1. The van der Waals surface area contributed by atoms with Crippen molar-refractivity contribution in [2.75, 3.05) is 7.11 Å². The fourth-order valence-electron chi connectivity index (χ4n) is 5.02. The van der Waals surface area contributed by atoms with Crippen LogP contribution in [0.4, 0.5) is 0 Å². The van der Waals surface area contributed by atoms with E-state index in [-0.39, 0.29) is 0 Å². The molecule has 2 aliphatic rings. The van der Waals surface area contributed by atoms with Crippen LogP contribution in [0, 0.1) is 5.92 Å². The molecule has 0 radical (unpaired) electrons. The number of allylic oxidation sites excluding steroid dienone is 2. The molecule has 0 heterocycles. The minimum atomic E-state index is -0.896. The van der Waals surface area contributed by atoms with Crippen molar-refractivity contribution in [1.29, 1.82) is 0 Å². The molecule has 0 saturated heterocycles. The topological polar surface area (TPSA) is 46.5 Å². The molecule has 0 spiro atoms. The van der Waals surface area contributed by atoms with E-state index < -0.39 is 5.97 Å². The van der Waals surface area contributed by atoms with Gasteiger partial charge in [-0.25, -0.2) is 4.79 Å². The van der Waals surface area contributed by atoms with Crippen LogP contribution in [0.25, 0.3) is 27.5 Å². The van der Waals surface area contributed by atoms with Gasteiger partial charge in [-0.2, -0.15) is 0 Å². The summed E-state index contributed by atoms with van der Waals surface area (Å²) in [7, 11) is 1.75. The molecule has 3 aromatic carbocycles. The Kier molecular flexibility index (Phi) is 4.39. The molecule has 3 aromatic rings. The molecule has 0 amide bonds. The number of carboxylic acids is 1. The summed E-state index contributed by atoms with van der Waals surface area (Å²) in [4.78, 5) is 11.2. The zero-order valence-corrected chi connectivity index (χ0v) is 16.6. The van der Waals surface area contributed by atoms with E-state index in [1.165, 1.54) is 48.8 Å². The Bertz CT molecular complexity index is 1160. The number of rotatable bonds is 4. The highest BCUT2D eigenvalue weighted by atomic mass is 16.5. The molecule has 5 rings (SSSR count). The van der Waals surface area contributed by atoms with Crippen molar-refractivity contribution in [3.05, 3.63) is 71.3 Å². The normalized spacial score (nSPS) is 18.3. The first-order valence-electron chi connectivity index (χ1n) is 10.3. The molecule has 146 valence electrons. The van der Waals surface area contributed by atoms with Gasteiger partial charge in [-0.15, -0.1) is 0 Å². The summed E-state index contributed by atoms with van der Waals surface area (Å²) in [5.74, 6) is 0.869. The lowest BCUT2D eigenvalue weighted by atomic mass is 9.91. The number of carboxylic acid groups (broad SMARTS) is 1. The number of benzene rings is 3. The molecular formula is C26H24O3. The number of hydrogen-bond acceptors (Lipinski definition) is 2. The van der Waals surface area contributed by atoms with E-state index in [1.807, 2.05) is 12.1 Å². The van der Waals surface area contributed by atoms with Crippen LogP contribution >= 0.6 is 0 Å². The van der Waals surface area contributed by atoms with Crippen molar-refractivity contribution in [2.45, 2.75) is 32.1 Å². The Morgan fingerprint density at radius 3 is 2.52 bits per heavy atom. The molecule has 1 N–H and O–H groups in total. The molecule has 3 nitrogen and oxygen atoms in total. The van der Waals surface area contributed by atoms with E-state index in [1.54, 1.807) is 24.8 Å². The van der Waals surface area contributed by atoms with Gasteiger partial charge < -0.3 is 9.84 Å². The lowest BCUT2D eigenvalue weighted by Crippen LogP contribution is -1.99. The highest BCUT2D eigenvalue weighted by molar-refractivity contribution is 5.96. The second-order valence-electron chi connectivity index (χ2n) is 8.25. The van der Waals surface area contributed by atoms with Gasteiger partial charge in [0.15, 0.2) is 0 Å². The van der Waals surface area contributed by atoms with Crippen molar-refractivity contribution in [1.82, 2.24) is 0 Å². The highest BCUT2D eigenvalue weighted by Crippen LogP contribution is 2.48. The number of aromatic carboxylic acids is 1. The predicted molar refractivity (Wildman–Crippen MR) is 116 cm³/mol. The molecule has 1 saturated carbocycles. The van der Waals surface area contributed by atoms with E-state index in [0.717, 1.165) is 28.0 Å².